The smallest absolute Gasteiger partial charge is 0.328 e. The lowest BCUT2D eigenvalue weighted by molar-refractivity contribution is -0.141. The van der Waals surface area contributed by atoms with Crippen molar-refractivity contribution in [2.45, 2.75) is 12.5 Å². The van der Waals surface area contributed by atoms with E-state index in [9.17, 15) is 4.79 Å². The van der Waals surface area contributed by atoms with Gasteiger partial charge in [-0.05, 0) is 42.7 Å². The van der Waals surface area contributed by atoms with Crippen molar-refractivity contribution in [1.82, 2.24) is 0 Å². The molecule has 1 rings (SSSR count). The van der Waals surface area contributed by atoms with Crippen molar-refractivity contribution < 1.29 is 14.3 Å². The molecule has 0 heterocycles. The molecule has 100 valence electrons. The zero-order valence-corrected chi connectivity index (χ0v) is 11.8. The van der Waals surface area contributed by atoms with E-state index in [-0.39, 0.29) is 12.0 Å². The number of esters is 1. The summed E-state index contributed by atoms with van der Waals surface area (Å²) in [6.45, 7) is 0. The van der Waals surface area contributed by atoms with E-state index in [1.54, 1.807) is 18.9 Å². The van der Waals surface area contributed by atoms with Gasteiger partial charge in [0.05, 0.1) is 14.2 Å². The molecule has 1 aromatic rings. The summed E-state index contributed by atoms with van der Waals surface area (Å²) in [5.41, 5.74) is 0.882. The summed E-state index contributed by atoms with van der Waals surface area (Å²) in [6.07, 6.45) is 2.75. The summed E-state index contributed by atoms with van der Waals surface area (Å²) in [7, 11) is 3.03. The SMILES string of the molecule is COC(=O)C(CCSC)Nc1ccc(OC)cc1. The van der Waals surface area contributed by atoms with Crippen LogP contribution in [-0.2, 0) is 9.53 Å². The summed E-state index contributed by atoms with van der Waals surface area (Å²) in [5, 5.41) is 3.17. The molecule has 1 atom stereocenters. The van der Waals surface area contributed by atoms with Crippen LogP contribution in [0.2, 0.25) is 0 Å². The molecule has 1 unspecified atom stereocenters. The molecule has 0 aromatic heterocycles. The number of thioether (sulfide) groups is 1. The van der Waals surface area contributed by atoms with Crippen LogP contribution in [0, 0.1) is 0 Å². The maximum absolute atomic E-state index is 11.6. The molecule has 18 heavy (non-hydrogen) atoms. The third kappa shape index (κ3) is 4.49. The average molecular weight is 269 g/mol. The second-order valence-electron chi connectivity index (χ2n) is 3.73. The molecule has 0 aliphatic carbocycles. The van der Waals surface area contributed by atoms with Gasteiger partial charge in [0.15, 0.2) is 0 Å². The Bertz CT molecular complexity index is 367. The lowest BCUT2D eigenvalue weighted by Crippen LogP contribution is -2.31. The molecule has 0 saturated heterocycles. The monoisotopic (exact) mass is 269 g/mol. The van der Waals surface area contributed by atoms with Gasteiger partial charge in [-0.15, -0.1) is 0 Å². The second-order valence-corrected chi connectivity index (χ2v) is 4.72. The van der Waals surface area contributed by atoms with E-state index < -0.39 is 0 Å². The van der Waals surface area contributed by atoms with Crippen molar-refractivity contribution in [2.24, 2.45) is 0 Å². The van der Waals surface area contributed by atoms with Gasteiger partial charge in [-0.2, -0.15) is 11.8 Å². The molecular formula is C13H19NO3S. The second kappa shape index (κ2) is 7.87. The van der Waals surface area contributed by atoms with Gasteiger partial charge in [0, 0.05) is 5.69 Å². The Morgan fingerprint density at radius 2 is 2.00 bits per heavy atom. The van der Waals surface area contributed by atoms with Crippen LogP contribution in [-0.4, -0.2) is 38.2 Å². The molecular weight excluding hydrogens is 250 g/mol. The number of ether oxygens (including phenoxy) is 2. The lowest BCUT2D eigenvalue weighted by Gasteiger charge is -2.17. The Morgan fingerprint density at radius 1 is 1.33 bits per heavy atom. The van der Waals surface area contributed by atoms with E-state index in [0.717, 1.165) is 23.6 Å². The molecule has 5 heteroatoms. The Labute approximate surface area is 112 Å². The number of carbonyl (C=O) groups excluding carboxylic acids is 1. The van der Waals surface area contributed by atoms with Crippen LogP contribution in [0.5, 0.6) is 5.75 Å². The molecule has 0 aliphatic heterocycles. The molecule has 0 radical (unpaired) electrons. The van der Waals surface area contributed by atoms with Gasteiger partial charge in [-0.25, -0.2) is 4.79 Å². The minimum Gasteiger partial charge on any atom is -0.497 e. The predicted octanol–water partition coefficient (Wildman–Crippen LogP) is 2.40. The van der Waals surface area contributed by atoms with Crippen LogP contribution < -0.4 is 10.1 Å². The highest BCUT2D eigenvalue weighted by Gasteiger charge is 2.18. The van der Waals surface area contributed by atoms with Crippen LogP contribution in [0.3, 0.4) is 0 Å². The predicted molar refractivity (Wildman–Crippen MR) is 75.4 cm³/mol. The van der Waals surface area contributed by atoms with Crippen molar-refractivity contribution >= 4 is 23.4 Å². The van der Waals surface area contributed by atoms with Crippen molar-refractivity contribution in [2.75, 3.05) is 31.5 Å². The van der Waals surface area contributed by atoms with Crippen LogP contribution in [0.15, 0.2) is 24.3 Å². The van der Waals surface area contributed by atoms with E-state index in [4.69, 9.17) is 9.47 Å². The molecule has 4 nitrogen and oxygen atoms in total. The van der Waals surface area contributed by atoms with E-state index >= 15 is 0 Å². The Kier molecular flexibility index (Phi) is 6.43. The van der Waals surface area contributed by atoms with Gasteiger partial charge in [0.1, 0.15) is 11.8 Å². The third-order valence-electron chi connectivity index (χ3n) is 2.53. The largest absolute Gasteiger partial charge is 0.497 e. The van der Waals surface area contributed by atoms with Crippen molar-refractivity contribution in [3.8, 4) is 5.75 Å². The minimum atomic E-state index is -0.309. The summed E-state index contributed by atoms with van der Waals surface area (Å²) in [5.74, 6) is 1.46. The highest BCUT2D eigenvalue weighted by Crippen LogP contribution is 2.17. The summed E-state index contributed by atoms with van der Waals surface area (Å²) in [4.78, 5) is 11.6. The zero-order valence-electron chi connectivity index (χ0n) is 10.9. The van der Waals surface area contributed by atoms with Gasteiger partial charge in [-0.3, -0.25) is 0 Å². The van der Waals surface area contributed by atoms with Crippen molar-refractivity contribution in [3.05, 3.63) is 24.3 Å². The highest BCUT2D eigenvalue weighted by molar-refractivity contribution is 7.98. The molecule has 0 saturated carbocycles. The number of hydrogen-bond acceptors (Lipinski definition) is 5. The number of hydrogen-bond donors (Lipinski definition) is 1. The number of rotatable bonds is 7. The van der Waals surface area contributed by atoms with E-state index in [1.165, 1.54) is 7.11 Å². The standard InChI is InChI=1S/C13H19NO3S/c1-16-11-6-4-10(5-7-11)14-12(8-9-18-3)13(15)17-2/h4-7,12,14H,8-9H2,1-3H3. The number of methoxy groups -OCH3 is 2. The first-order valence-electron chi connectivity index (χ1n) is 5.68. The zero-order chi connectivity index (χ0) is 13.4. The number of carbonyl (C=O) groups is 1. The highest BCUT2D eigenvalue weighted by atomic mass is 32.2. The van der Waals surface area contributed by atoms with E-state index in [1.807, 2.05) is 30.5 Å². The average Bonchev–Trinajstić information content (AvgIpc) is 2.43. The van der Waals surface area contributed by atoms with Crippen LogP contribution >= 0.6 is 11.8 Å². The molecule has 0 spiro atoms. The van der Waals surface area contributed by atoms with Gasteiger partial charge >= 0.3 is 5.97 Å². The van der Waals surface area contributed by atoms with Crippen molar-refractivity contribution in [3.63, 3.8) is 0 Å². The van der Waals surface area contributed by atoms with Gasteiger partial charge < -0.3 is 14.8 Å². The fourth-order valence-corrected chi connectivity index (χ4v) is 1.99. The molecule has 0 amide bonds. The molecule has 0 fully saturated rings. The normalized spacial score (nSPS) is 11.7. The van der Waals surface area contributed by atoms with Gasteiger partial charge in [0.25, 0.3) is 0 Å². The summed E-state index contributed by atoms with van der Waals surface area (Å²) < 4.78 is 9.88. The van der Waals surface area contributed by atoms with Gasteiger partial charge in [0.2, 0.25) is 0 Å². The Balaban J connectivity index is 2.65. The fourth-order valence-electron chi connectivity index (χ4n) is 1.52. The number of nitrogens with one attached hydrogen (secondary N) is 1. The molecule has 1 N–H and O–H groups in total. The molecule has 0 bridgehead atoms. The maximum atomic E-state index is 11.6. The topological polar surface area (TPSA) is 47.6 Å². The first kappa shape index (κ1) is 14.7. The van der Waals surface area contributed by atoms with Crippen LogP contribution in [0.1, 0.15) is 6.42 Å². The number of anilines is 1. The maximum Gasteiger partial charge on any atom is 0.328 e. The van der Waals surface area contributed by atoms with Crippen LogP contribution in [0.25, 0.3) is 0 Å². The summed E-state index contributed by atoms with van der Waals surface area (Å²) >= 11 is 1.71. The lowest BCUT2D eigenvalue weighted by atomic mass is 10.2. The van der Waals surface area contributed by atoms with Crippen molar-refractivity contribution in [1.29, 1.82) is 0 Å². The third-order valence-corrected chi connectivity index (χ3v) is 3.17. The molecule has 1 aromatic carbocycles. The number of benzene rings is 1. The summed E-state index contributed by atoms with van der Waals surface area (Å²) in [6, 6.07) is 7.16. The quantitative estimate of drug-likeness (QED) is 0.770. The minimum absolute atomic E-state index is 0.236. The fraction of sp³-hybridized carbons (Fsp3) is 0.462. The van der Waals surface area contributed by atoms with Crippen LogP contribution in [0.4, 0.5) is 5.69 Å². The van der Waals surface area contributed by atoms with Gasteiger partial charge in [-0.1, -0.05) is 0 Å². The Morgan fingerprint density at radius 3 is 2.50 bits per heavy atom. The Hall–Kier alpha value is -1.36. The first-order chi connectivity index (χ1) is 8.71. The first-order valence-corrected chi connectivity index (χ1v) is 7.08. The molecule has 0 aliphatic rings. The van der Waals surface area contributed by atoms with E-state index in [0.29, 0.717) is 0 Å². The van der Waals surface area contributed by atoms with E-state index in [2.05, 4.69) is 5.32 Å².